The first-order valence-electron chi connectivity index (χ1n) is 17.8. The van der Waals surface area contributed by atoms with Crippen LogP contribution in [-0.4, -0.2) is 58.1 Å². The summed E-state index contributed by atoms with van der Waals surface area (Å²) in [6.45, 7) is 15.7. The molecule has 1 aromatic carbocycles. The maximum absolute atomic E-state index is 13.2. The Kier molecular flexibility index (Phi) is 14.6. The molecular formula is C36H58ClN7O5S. The number of unbranched alkanes of at least 4 members (excludes halogenated alkanes) is 9. The standard InChI is InChI=1S/C36H58ClN7O5S/c1-9-10-11-12-13-14-15-16-17-18-23-28(45)38-25-50(47,48)43-26-21-19-20-22-27(26)49-24-29(46)39-36(7,8)35(5,6)33-41-40-32-30(37)31(34(2,3)4)42-44(32)33/h19-22,42-43H,9-18,23-25H2,1-8H3,(H,38,45)(H,39,46). The topological polar surface area (TPSA) is 160 Å². The molecule has 14 heteroatoms. The SMILES string of the molecule is CCCCCCCCCCCCC(=O)NCS(=O)(=O)Nc1ccccc1OCC(=O)NC(C)(C)C(C)(C)c1nnc2c(Cl)c(C(C)(C)C)[nH]n12. The number of para-hydroxylation sites is 2. The lowest BCUT2D eigenvalue weighted by Crippen LogP contribution is -2.57. The Hall–Kier alpha value is -3.32. The van der Waals surface area contributed by atoms with E-state index in [0.29, 0.717) is 16.5 Å². The maximum Gasteiger partial charge on any atom is 0.258 e. The lowest BCUT2D eigenvalue weighted by molar-refractivity contribution is -0.125. The third kappa shape index (κ3) is 11.3. The molecule has 2 amide bonds. The van der Waals surface area contributed by atoms with Crippen molar-refractivity contribution >= 4 is 44.8 Å². The first-order chi connectivity index (χ1) is 23.4. The quantitative estimate of drug-likeness (QED) is 0.0831. The first kappa shape index (κ1) is 41.1. The minimum Gasteiger partial charge on any atom is -0.482 e. The minimum atomic E-state index is -3.94. The minimum absolute atomic E-state index is 0.160. The van der Waals surface area contributed by atoms with Crippen LogP contribution in [0.1, 0.15) is 138 Å². The van der Waals surface area contributed by atoms with Crippen LogP contribution in [0.2, 0.25) is 5.02 Å². The van der Waals surface area contributed by atoms with Crippen LogP contribution >= 0.6 is 11.6 Å². The molecule has 3 aromatic rings. The highest BCUT2D eigenvalue weighted by Gasteiger charge is 2.44. The number of hydrogen-bond acceptors (Lipinski definition) is 7. The van der Waals surface area contributed by atoms with Crippen molar-refractivity contribution in [2.24, 2.45) is 0 Å². The molecule has 0 bridgehead atoms. The number of H-pyrrole nitrogens is 1. The fraction of sp³-hybridized carbons (Fsp3) is 0.667. The average Bonchev–Trinajstić information content (AvgIpc) is 3.60. The molecule has 0 aliphatic carbocycles. The van der Waals surface area contributed by atoms with Crippen LogP contribution in [0.25, 0.3) is 5.65 Å². The van der Waals surface area contributed by atoms with Crippen LogP contribution in [0.4, 0.5) is 5.69 Å². The third-order valence-electron chi connectivity index (χ3n) is 9.35. The summed E-state index contributed by atoms with van der Waals surface area (Å²) in [6, 6.07) is 6.43. The van der Waals surface area contributed by atoms with E-state index in [4.69, 9.17) is 16.3 Å². The average molecular weight is 736 g/mol. The van der Waals surface area contributed by atoms with Gasteiger partial charge >= 0.3 is 0 Å². The van der Waals surface area contributed by atoms with E-state index in [1.54, 1.807) is 22.7 Å². The van der Waals surface area contributed by atoms with Crippen molar-refractivity contribution in [1.82, 2.24) is 30.4 Å². The van der Waals surface area contributed by atoms with Crippen molar-refractivity contribution in [2.75, 3.05) is 17.2 Å². The molecule has 280 valence electrons. The predicted molar refractivity (Wildman–Crippen MR) is 200 cm³/mol. The van der Waals surface area contributed by atoms with Crippen LogP contribution < -0.4 is 20.1 Å². The zero-order valence-electron chi connectivity index (χ0n) is 31.2. The fourth-order valence-corrected chi connectivity index (χ4v) is 6.96. The molecule has 50 heavy (non-hydrogen) atoms. The van der Waals surface area contributed by atoms with Gasteiger partial charge in [-0.05, 0) is 32.4 Å². The number of carbonyl (C=O) groups is 2. The van der Waals surface area contributed by atoms with Gasteiger partial charge in [-0.25, -0.2) is 12.9 Å². The van der Waals surface area contributed by atoms with E-state index in [9.17, 15) is 18.0 Å². The lowest BCUT2D eigenvalue weighted by Gasteiger charge is -2.40. The van der Waals surface area contributed by atoms with Crippen LogP contribution in [0.5, 0.6) is 5.75 Å². The summed E-state index contributed by atoms with van der Waals surface area (Å²) in [5, 5.41) is 18.1. The molecule has 4 N–H and O–H groups in total. The Morgan fingerprint density at radius 1 is 0.880 bits per heavy atom. The summed E-state index contributed by atoms with van der Waals surface area (Å²) in [5.74, 6) is -0.523. The third-order valence-corrected chi connectivity index (χ3v) is 10.8. The van der Waals surface area contributed by atoms with Gasteiger partial charge in [0.05, 0.1) is 11.4 Å². The van der Waals surface area contributed by atoms with Crippen LogP contribution in [-0.2, 0) is 30.4 Å². The largest absolute Gasteiger partial charge is 0.482 e. The number of halogens is 1. The van der Waals surface area contributed by atoms with E-state index in [-0.39, 0.29) is 35.8 Å². The summed E-state index contributed by atoms with van der Waals surface area (Å²) in [7, 11) is -3.94. The van der Waals surface area contributed by atoms with Gasteiger partial charge < -0.3 is 15.4 Å². The van der Waals surface area contributed by atoms with E-state index in [0.717, 1.165) is 25.0 Å². The van der Waals surface area contributed by atoms with Crippen molar-refractivity contribution in [1.29, 1.82) is 0 Å². The van der Waals surface area contributed by atoms with Crippen molar-refractivity contribution in [3.63, 3.8) is 0 Å². The lowest BCUT2D eigenvalue weighted by atomic mass is 9.73. The molecule has 0 radical (unpaired) electrons. The van der Waals surface area contributed by atoms with Gasteiger partial charge in [-0.2, -0.15) is 0 Å². The Balaban J connectivity index is 1.50. The number of rotatable bonds is 21. The number of anilines is 1. The zero-order valence-corrected chi connectivity index (χ0v) is 32.7. The molecule has 0 aliphatic rings. The second-order valence-corrected chi connectivity index (χ2v) is 17.3. The normalized spacial score (nSPS) is 12.7. The number of amides is 2. The molecule has 0 fully saturated rings. The molecule has 0 saturated heterocycles. The number of hydrogen-bond donors (Lipinski definition) is 4. The Morgan fingerprint density at radius 3 is 2.10 bits per heavy atom. The second-order valence-electron chi connectivity index (χ2n) is 15.2. The van der Waals surface area contributed by atoms with E-state index in [1.165, 1.54) is 51.0 Å². The van der Waals surface area contributed by atoms with Gasteiger partial charge in [0.1, 0.15) is 16.6 Å². The summed E-state index contributed by atoms with van der Waals surface area (Å²) >= 11 is 6.63. The summed E-state index contributed by atoms with van der Waals surface area (Å²) in [4.78, 5) is 25.5. The molecule has 0 spiro atoms. The fourth-order valence-electron chi connectivity index (χ4n) is 5.59. The van der Waals surface area contributed by atoms with Crippen molar-refractivity contribution in [3.8, 4) is 5.75 Å². The number of benzene rings is 1. The number of sulfonamides is 1. The van der Waals surface area contributed by atoms with Crippen LogP contribution in [0.15, 0.2) is 24.3 Å². The number of aromatic amines is 1. The zero-order chi connectivity index (χ0) is 37.2. The van der Waals surface area contributed by atoms with Gasteiger partial charge in [0.15, 0.2) is 18.1 Å². The predicted octanol–water partition coefficient (Wildman–Crippen LogP) is 7.39. The molecule has 0 aliphatic heterocycles. The molecule has 3 rings (SSSR count). The van der Waals surface area contributed by atoms with Gasteiger partial charge in [-0.1, -0.05) is 123 Å². The Bertz CT molecular complexity index is 1680. The first-order valence-corrected chi connectivity index (χ1v) is 19.9. The van der Waals surface area contributed by atoms with Crippen LogP contribution in [0, 0.1) is 0 Å². The Morgan fingerprint density at radius 2 is 1.48 bits per heavy atom. The number of nitrogens with one attached hydrogen (secondary N) is 4. The number of nitrogens with zero attached hydrogens (tertiary/aromatic N) is 3. The number of carbonyl (C=O) groups excluding carboxylic acids is 2. The van der Waals surface area contributed by atoms with Gasteiger partial charge in [0.2, 0.25) is 5.91 Å². The molecule has 0 atom stereocenters. The highest BCUT2D eigenvalue weighted by Crippen LogP contribution is 2.37. The van der Waals surface area contributed by atoms with E-state index >= 15 is 0 Å². The van der Waals surface area contributed by atoms with Crippen molar-refractivity contribution < 1.29 is 22.7 Å². The summed E-state index contributed by atoms with van der Waals surface area (Å²) in [6.07, 6.45) is 11.8. The van der Waals surface area contributed by atoms with Crippen molar-refractivity contribution in [3.05, 3.63) is 40.8 Å². The molecule has 2 heterocycles. The van der Waals surface area contributed by atoms with Gasteiger partial charge in [0.25, 0.3) is 15.9 Å². The smallest absolute Gasteiger partial charge is 0.258 e. The molecule has 12 nitrogen and oxygen atoms in total. The number of ether oxygens (including phenoxy) is 1. The van der Waals surface area contributed by atoms with E-state index < -0.39 is 32.8 Å². The molecule has 2 aromatic heterocycles. The van der Waals surface area contributed by atoms with Gasteiger partial charge in [0, 0.05) is 22.8 Å². The van der Waals surface area contributed by atoms with Gasteiger partial charge in [-0.15, -0.1) is 10.2 Å². The highest BCUT2D eigenvalue weighted by atomic mass is 35.5. The molecule has 0 saturated carbocycles. The summed E-state index contributed by atoms with van der Waals surface area (Å²) in [5.41, 5.74) is -0.298. The van der Waals surface area contributed by atoms with E-state index in [1.807, 2.05) is 48.5 Å². The van der Waals surface area contributed by atoms with E-state index in [2.05, 4.69) is 37.6 Å². The number of fused-ring (bicyclic) bond motifs is 1. The van der Waals surface area contributed by atoms with Gasteiger partial charge in [-0.3, -0.25) is 19.4 Å². The van der Waals surface area contributed by atoms with Crippen LogP contribution in [0.3, 0.4) is 0 Å². The van der Waals surface area contributed by atoms with Crippen molar-refractivity contribution in [2.45, 2.75) is 142 Å². The highest BCUT2D eigenvalue weighted by molar-refractivity contribution is 7.92. The number of aromatic nitrogens is 4. The monoisotopic (exact) mass is 735 g/mol. The second kappa shape index (κ2) is 17.7. The maximum atomic E-state index is 13.2. The molecule has 0 unspecified atom stereocenters. The summed E-state index contributed by atoms with van der Waals surface area (Å²) < 4.78 is 35.7. The Labute approximate surface area is 303 Å². The molecular weight excluding hydrogens is 678 g/mol.